The van der Waals surface area contributed by atoms with Crippen molar-refractivity contribution in [2.75, 3.05) is 13.2 Å². The third kappa shape index (κ3) is 17.3. The van der Waals surface area contributed by atoms with Crippen molar-refractivity contribution in [3.63, 3.8) is 0 Å². The summed E-state index contributed by atoms with van der Waals surface area (Å²) >= 11 is 6.54. The summed E-state index contributed by atoms with van der Waals surface area (Å²) in [5.41, 5.74) is 1.73. The number of alkyl carbamates (subject to hydrolysis) is 2. The number of aliphatic imine (C=N–C) groups is 1. The highest BCUT2D eigenvalue weighted by Crippen LogP contribution is 2.26. The highest BCUT2D eigenvalue weighted by atomic mass is 35.5. The molecule has 3 aromatic rings. The minimum Gasteiger partial charge on any atom is -0.444 e. The number of rotatable bonds is 10. The fraction of sp³-hybridized carbons (Fsp3) is 0.415. The Balaban J connectivity index is 0.00000349. The summed E-state index contributed by atoms with van der Waals surface area (Å²) in [7, 11) is 0. The topological polar surface area (TPSA) is 190 Å². The zero-order chi connectivity index (χ0) is 42.3. The van der Waals surface area contributed by atoms with Crippen molar-refractivity contribution in [3.05, 3.63) is 94.0 Å². The largest absolute Gasteiger partial charge is 0.444 e. The Labute approximate surface area is 332 Å². The molecular weight excluding hydrogens is 744 g/mol. The number of hydrogen-bond acceptors (Lipinski definition) is 11. The van der Waals surface area contributed by atoms with Crippen molar-refractivity contribution in [2.24, 2.45) is 4.99 Å². The minimum absolute atomic E-state index is 0.0315. The predicted molar refractivity (Wildman–Crippen MR) is 210 cm³/mol. The fourth-order valence-corrected chi connectivity index (χ4v) is 5.08. The molecule has 0 heterocycles. The number of guanidine groups is 1. The number of hydrogen-bond donors (Lipinski definition) is 3. The number of nitrogens with zero attached hydrogens (tertiary/aromatic N) is 2. The number of nitrogens with one attached hydrogen (secondary N) is 2. The van der Waals surface area contributed by atoms with Crippen LogP contribution in [0.3, 0.4) is 0 Å². The van der Waals surface area contributed by atoms with Gasteiger partial charge >= 0.3 is 24.3 Å². The Kier molecular flexibility index (Phi) is 17.4. The summed E-state index contributed by atoms with van der Waals surface area (Å²) < 4.78 is 16.1. The van der Waals surface area contributed by atoms with Crippen LogP contribution < -0.4 is 15.4 Å². The number of carbonyl (C=O) groups is 4. The van der Waals surface area contributed by atoms with Crippen molar-refractivity contribution < 1.29 is 48.1 Å². The quantitative estimate of drug-likeness (QED) is 0.0815. The van der Waals surface area contributed by atoms with Gasteiger partial charge < -0.3 is 24.2 Å². The average molecular weight is 795 g/mol. The molecule has 0 aliphatic rings. The molecular formula is C41H51ClN4O10. The van der Waals surface area contributed by atoms with Gasteiger partial charge in [-0.3, -0.25) is 15.4 Å². The van der Waals surface area contributed by atoms with Crippen LogP contribution in [0.25, 0.3) is 0 Å². The van der Waals surface area contributed by atoms with Gasteiger partial charge in [-0.2, -0.15) is 9.59 Å². The van der Waals surface area contributed by atoms with E-state index in [2.05, 4.69) is 48.5 Å². The van der Waals surface area contributed by atoms with Crippen molar-refractivity contribution >= 4 is 53.5 Å². The van der Waals surface area contributed by atoms with E-state index in [4.69, 9.17) is 35.4 Å². The number of benzene rings is 3. The van der Waals surface area contributed by atoms with E-state index < -0.39 is 29.4 Å². The van der Waals surface area contributed by atoms with Crippen molar-refractivity contribution in [1.29, 1.82) is 0 Å². The smallest absolute Gasteiger partial charge is 0.414 e. The van der Waals surface area contributed by atoms with Crippen molar-refractivity contribution in [3.8, 4) is 5.75 Å². The van der Waals surface area contributed by atoms with E-state index in [0.717, 1.165) is 11.1 Å². The maximum Gasteiger partial charge on any atom is 0.414 e. The molecule has 0 saturated carbocycles. The average Bonchev–Trinajstić information content (AvgIpc) is 3.06. The van der Waals surface area contributed by atoms with Gasteiger partial charge in [0.25, 0.3) is 0 Å². The third-order valence-corrected chi connectivity index (χ3v) is 7.67. The SMILES string of the molecule is CC(C)(C)OC(=O)NC(=Nc1ccc(C(=O)Oc2ccc(CCC(=O)N(CCO)Cc3cccc(C(C)(C)C)c3)c(Cl)c2)cc1)NC(=O)OC(C)(C)C.O=C=O. The third-order valence-electron chi connectivity index (χ3n) is 7.31. The molecule has 0 aromatic heterocycles. The number of halogens is 1. The molecule has 0 atom stereocenters. The highest BCUT2D eigenvalue weighted by molar-refractivity contribution is 6.31. The number of ether oxygens (including phenoxy) is 3. The van der Waals surface area contributed by atoms with Crippen LogP contribution in [0.2, 0.25) is 5.02 Å². The maximum absolute atomic E-state index is 13.2. The van der Waals surface area contributed by atoms with E-state index in [-0.39, 0.29) is 54.3 Å². The molecule has 56 heavy (non-hydrogen) atoms. The van der Waals surface area contributed by atoms with Crippen LogP contribution in [0.1, 0.15) is 95.8 Å². The van der Waals surface area contributed by atoms with E-state index in [1.807, 2.05) is 12.1 Å². The van der Waals surface area contributed by atoms with Crippen LogP contribution in [-0.4, -0.2) is 70.5 Å². The second-order valence-corrected chi connectivity index (χ2v) is 15.9. The van der Waals surface area contributed by atoms with Gasteiger partial charge in [0.15, 0.2) is 0 Å². The van der Waals surface area contributed by atoms with Crippen LogP contribution >= 0.6 is 11.6 Å². The molecule has 302 valence electrons. The number of amides is 3. The van der Waals surface area contributed by atoms with Crippen molar-refractivity contribution in [2.45, 2.75) is 98.3 Å². The summed E-state index contributed by atoms with van der Waals surface area (Å²) in [6.07, 6.45) is -0.907. The lowest BCUT2D eigenvalue weighted by Crippen LogP contribution is -2.47. The van der Waals surface area contributed by atoms with Crippen LogP contribution in [0.5, 0.6) is 5.75 Å². The van der Waals surface area contributed by atoms with Gasteiger partial charge in [-0.25, -0.2) is 19.4 Å². The molecule has 0 saturated heterocycles. The summed E-state index contributed by atoms with van der Waals surface area (Å²) in [4.78, 5) is 73.1. The Bertz CT molecular complexity index is 1850. The first-order chi connectivity index (χ1) is 26.0. The zero-order valence-corrected chi connectivity index (χ0v) is 34.0. The molecule has 0 aliphatic heterocycles. The van der Waals surface area contributed by atoms with Crippen LogP contribution in [0, 0.1) is 0 Å². The van der Waals surface area contributed by atoms with Crippen molar-refractivity contribution in [1.82, 2.24) is 15.5 Å². The second kappa shape index (κ2) is 20.9. The van der Waals surface area contributed by atoms with Gasteiger partial charge in [-0.05, 0) is 106 Å². The summed E-state index contributed by atoms with van der Waals surface area (Å²) in [5, 5.41) is 14.8. The number of aryl methyl sites for hydroxylation is 1. The van der Waals surface area contributed by atoms with Gasteiger partial charge in [0.1, 0.15) is 17.0 Å². The van der Waals surface area contributed by atoms with Gasteiger partial charge in [0.2, 0.25) is 11.9 Å². The Morgan fingerprint density at radius 2 is 1.39 bits per heavy atom. The number of esters is 1. The van der Waals surface area contributed by atoms with E-state index in [1.54, 1.807) is 58.6 Å². The molecule has 0 radical (unpaired) electrons. The molecule has 14 nitrogen and oxygen atoms in total. The second-order valence-electron chi connectivity index (χ2n) is 15.5. The molecule has 0 fully saturated rings. The lowest BCUT2D eigenvalue weighted by molar-refractivity contribution is -0.191. The van der Waals surface area contributed by atoms with E-state index in [1.165, 1.54) is 30.3 Å². The molecule has 0 aliphatic carbocycles. The molecule has 3 amide bonds. The van der Waals surface area contributed by atoms with Gasteiger partial charge in [-0.15, -0.1) is 0 Å². The first-order valence-electron chi connectivity index (χ1n) is 17.7. The standard InChI is InChI=1S/C40H51ClN4O8.CO2/c1-38(2,3)29-12-10-11-26(23-29)25-45(21-22-46)33(47)20-16-27-15-19-31(24-32(27)41)51-34(48)28-13-17-30(18-14-28)42-35(43-36(49)52-39(4,5)6)44-37(50)53-40(7,8)9;2-1-3/h10-15,17-19,23-24,46H,16,20-22,25H2,1-9H3,(H2,42,43,44,49,50);. The molecule has 0 unspecified atom stereocenters. The number of carbonyl (C=O) groups excluding carboxylic acids is 6. The van der Waals surface area contributed by atoms with Crippen LogP contribution in [0.4, 0.5) is 15.3 Å². The lowest BCUT2D eigenvalue weighted by atomic mass is 9.86. The summed E-state index contributed by atoms with van der Waals surface area (Å²) in [6.45, 7) is 17.0. The van der Waals surface area contributed by atoms with Gasteiger partial charge in [0, 0.05) is 24.5 Å². The normalized spacial score (nSPS) is 11.1. The first kappa shape index (κ1) is 46.6. The highest BCUT2D eigenvalue weighted by Gasteiger charge is 2.22. The Hall–Kier alpha value is -5.56. The Morgan fingerprint density at radius 3 is 1.89 bits per heavy atom. The van der Waals surface area contributed by atoms with E-state index in [0.29, 0.717) is 29.2 Å². The van der Waals surface area contributed by atoms with Crippen LogP contribution in [-0.2, 0) is 42.2 Å². The summed E-state index contributed by atoms with van der Waals surface area (Å²) in [6, 6.07) is 18.9. The molecule has 0 spiro atoms. The zero-order valence-electron chi connectivity index (χ0n) is 33.3. The summed E-state index contributed by atoms with van der Waals surface area (Å²) in [5.74, 6) is -0.808. The van der Waals surface area contributed by atoms with Gasteiger partial charge in [0.05, 0.1) is 17.9 Å². The molecule has 3 N–H and O–H groups in total. The molecule has 3 rings (SSSR count). The van der Waals surface area contributed by atoms with E-state index >= 15 is 0 Å². The molecule has 0 bridgehead atoms. The fourth-order valence-electron chi connectivity index (χ4n) is 4.82. The molecule has 15 heteroatoms. The first-order valence-corrected chi connectivity index (χ1v) is 18.1. The monoisotopic (exact) mass is 794 g/mol. The minimum atomic E-state index is -0.842. The number of aliphatic hydroxyl groups is 1. The van der Waals surface area contributed by atoms with E-state index in [9.17, 15) is 24.3 Å². The maximum atomic E-state index is 13.2. The molecule has 3 aromatic carbocycles. The number of aliphatic hydroxyl groups excluding tert-OH is 1. The Morgan fingerprint density at radius 1 is 0.821 bits per heavy atom. The predicted octanol–water partition coefficient (Wildman–Crippen LogP) is 7.26. The van der Waals surface area contributed by atoms with Crippen LogP contribution in [0.15, 0.2) is 71.7 Å². The lowest BCUT2D eigenvalue weighted by Gasteiger charge is -2.24. The van der Waals surface area contributed by atoms with Gasteiger partial charge in [-0.1, -0.05) is 62.7 Å².